The van der Waals surface area contributed by atoms with Crippen LogP contribution in [-0.4, -0.2) is 43.8 Å². The van der Waals surface area contributed by atoms with Crippen molar-refractivity contribution in [1.82, 2.24) is 0 Å². The molecule has 3 nitrogen and oxygen atoms in total. The Morgan fingerprint density at radius 2 is 2.05 bits per heavy atom. The van der Waals surface area contributed by atoms with Crippen LogP contribution < -0.4 is 4.90 Å². The molecule has 0 spiro atoms. The van der Waals surface area contributed by atoms with E-state index in [0.29, 0.717) is 17.2 Å². The van der Waals surface area contributed by atoms with Gasteiger partial charge in [0.25, 0.3) is 5.91 Å². The summed E-state index contributed by atoms with van der Waals surface area (Å²) in [4.78, 5) is 13.8. The Morgan fingerprint density at radius 3 is 2.70 bits per heavy atom. The summed E-state index contributed by atoms with van der Waals surface area (Å²) in [6, 6.07) is 5.38. The standard InChI is InChI=1S/C15H20ClNO2S/c1-11-13-6-5-12(16)9-14(13)17(15(11)18)10-19-7-8-20(2,3)4/h5-6,9H,1,7-8,10H2,2-4H3. The average molecular weight is 314 g/mol. The zero-order valence-electron chi connectivity index (χ0n) is 12.1. The summed E-state index contributed by atoms with van der Waals surface area (Å²) in [7, 11) is -0.579. The van der Waals surface area contributed by atoms with Crippen molar-refractivity contribution in [3.63, 3.8) is 0 Å². The summed E-state index contributed by atoms with van der Waals surface area (Å²) in [6.07, 6.45) is 6.73. The van der Waals surface area contributed by atoms with E-state index in [4.69, 9.17) is 16.3 Å². The molecule has 0 saturated carbocycles. The highest BCUT2D eigenvalue weighted by Crippen LogP contribution is 2.37. The Bertz CT molecular complexity index is 551. The molecule has 110 valence electrons. The Kier molecular flexibility index (Phi) is 4.47. The number of hydrogen-bond donors (Lipinski definition) is 0. The van der Waals surface area contributed by atoms with Crippen molar-refractivity contribution in [2.75, 3.05) is 42.8 Å². The summed E-state index contributed by atoms with van der Waals surface area (Å²) < 4.78 is 5.65. The minimum absolute atomic E-state index is 0.106. The summed E-state index contributed by atoms with van der Waals surface area (Å²) in [6.45, 7) is 4.75. The van der Waals surface area contributed by atoms with E-state index in [1.165, 1.54) is 0 Å². The van der Waals surface area contributed by atoms with E-state index in [0.717, 1.165) is 17.0 Å². The van der Waals surface area contributed by atoms with E-state index in [9.17, 15) is 4.79 Å². The van der Waals surface area contributed by atoms with Crippen molar-refractivity contribution in [3.05, 3.63) is 35.4 Å². The van der Waals surface area contributed by atoms with Gasteiger partial charge in [0.15, 0.2) is 0 Å². The monoisotopic (exact) mass is 313 g/mol. The molecule has 0 bridgehead atoms. The summed E-state index contributed by atoms with van der Waals surface area (Å²) >= 11 is 6.00. The van der Waals surface area contributed by atoms with Crippen molar-refractivity contribution in [1.29, 1.82) is 0 Å². The number of anilines is 1. The van der Waals surface area contributed by atoms with Crippen LogP contribution in [0, 0.1) is 0 Å². The molecule has 0 radical (unpaired) electrons. The van der Waals surface area contributed by atoms with E-state index in [1.54, 1.807) is 17.0 Å². The van der Waals surface area contributed by atoms with E-state index in [-0.39, 0.29) is 12.6 Å². The molecule has 0 fully saturated rings. The van der Waals surface area contributed by atoms with Crippen LogP contribution in [0.4, 0.5) is 5.69 Å². The smallest absolute Gasteiger partial charge is 0.260 e. The van der Waals surface area contributed by atoms with Crippen LogP contribution in [0.2, 0.25) is 5.02 Å². The van der Waals surface area contributed by atoms with E-state index < -0.39 is 10.0 Å². The van der Waals surface area contributed by atoms with Gasteiger partial charge in [-0.3, -0.25) is 9.69 Å². The van der Waals surface area contributed by atoms with Crippen molar-refractivity contribution in [2.24, 2.45) is 0 Å². The van der Waals surface area contributed by atoms with Gasteiger partial charge in [-0.1, -0.05) is 24.2 Å². The molecule has 0 atom stereocenters. The van der Waals surface area contributed by atoms with Crippen LogP contribution in [-0.2, 0) is 9.53 Å². The Balaban J connectivity index is 2.04. The molecule has 0 N–H and O–H groups in total. The first kappa shape index (κ1) is 15.4. The Labute approximate surface area is 126 Å². The third-order valence-corrected chi connectivity index (χ3v) is 4.77. The number of nitrogens with zero attached hydrogens (tertiary/aromatic N) is 1. The number of halogens is 1. The van der Waals surface area contributed by atoms with Crippen molar-refractivity contribution in [2.45, 2.75) is 0 Å². The maximum Gasteiger partial charge on any atom is 0.260 e. The molecule has 1 aromatic rings. The predicted octanol–water partition coefficient (Wildman–Crippen LogP) is 3.37. The first-order valence-corrected chi connectivity index (χ1v) is 9.74. The Morgan fingerprint density at radius 1 is 1.35 bits per heavy atom. The lowest BCUT2D eigenvalue weighted by molar-refractivity contribution is -0.114. The molecule has 0 saturated heterocycles. The van der Waals surface area contributed by atoms with E-state index in [2.05, 4.69) is 25.3 Å². The molecule has 1 heterocycles. The van der Waals surface area contributed by atoms with Crippen LogP contribution in [0.15, 0.2) is 24.8 Å². The van der Waals surface area contributed by atoms with Gasteiger partial charge in [-0.25, -0.2) is 10.0 Å². The zero-order valence-corrected chi connectivity index (χ0v) is 13.7. The minimum Gasteiger partial charge on any atom is -0.360 e. The molecule has 1 aliphatic rings. The van der Waals surface area contributed by atoms with Gasteiger partial charge in [-0.05, 0) is 30.9 Å². The second-order valence-electron chi connectivity index (χ2n) is 5.71. The van der Waals surface area contributed by atoms with Gasteiger partial charge in [-0.2, -0.15) is 0 Å². The molecule has 20 heavy (non-hydrogen) atoms. The van der Waals surface area contributed by atoms with Crippen LogP contribution in [0.1, 0.15) is 5.56 Å². The quantitative estimate of drug-likeness (QED) is 0.616. The van der Waals surface area contributed by atoms with Gasteiger partial charge < -0.3 is 4.74 Å². The normalized spacial score (nSPS) is 15.7. The number of amides is 1. The summed E-state index contributed by atoms with van der Waals surface area (Å²) in [5.41, 5.74) is 2.13. The zero-order chi connectivity index (χ0) is 14.9. The second kappa shape index (κ2) is 5.80. The predicted molar refractivity (Wildman–Crippen MR) is 89.0 cm³/mol. The fourth-order valence-electron chi connectivity index (χ4n) is 1.96. The summed E-state index contributed by atoms with van der Waals surface area (Å²) in [5, 5.41) is 0.607. The molecular weight excluding hydrogens is 294 g/mol. The molecule has 1 amide bonds. The van der Waals surface area contributed by atoms with Gasteiger partial charge in [-0.15, -0.1) is 0 Å². The lowest BCUT2D eigenvalue weighted by Crippen LogP contribution is -2.29. The number of rotatable bonds is 5. The van der Waals surface area contributed by atoms with Gasteiger partial charge in [0.1, 0.15) is 6.73 Å². The molecule has 1 aromatic carbocycles. The van der Waals surface area contributed by atoms with Gasteiger partial charge in [0.05, 0.1) is 12.3 Å². The van der Waals surface area contributed by atoms with Crippen molar-refractivity contribution in [3.8, 4) is 0 Å². The number of carbonyl (C=O) groups excluding carboxylic acids is 1. The molecule has 2 rings (SSSR count). The lowest BCUT2D eigenvalue weighted by atomic mass is 10.1. The van der Waals surface area contributed by atoms with E-state index >= 15 is 0 Å². The molecular formula is C15H20ClNO2S. The van der Waals surface area contributed by atoms with E-state index in [1.807, 2.05) is 6.07 Å². The topological polar surface area (TPSA) is 29.5 Å². The molecule has 1 aliphatic heterocycles. The minimum atomic E-state index is -0.579. The fraction of sp³-hybridized carbons (Fsp3) is 0.400. The number of fused-ring (bicyclic) bond motifs is 1. The van der Waals surface area contributed by atoms with Gasteiger partial charge >= 0.3 is 0 Å². The highest BCUT2D eigenvalue weighted by atomic mass is 35.5. The number of carbonyl (C=O) groups is 1. The average Bonchev–Trinajstić information content (AvgIpc) is 2.57. The highest BCUT2D eigenvalue weighted by Gasteiger charge is 2.31. The van der Waals surface area contributed by atoms with Crippen LogP contribution in [0.5, 0.6) is 0 Å². The third-order valence-electron chi connectivity index (χ3n) is 3.14. The maximum atomic E-state index is 12.2. The number of hydrogen-bond acceptors (Lipinski definition) is 2. The van der Waals surface area contributed by atoms with Gasteiger partial charge in [0.2, 0.25) is 0 Å². The molecule has 5 heteroatoms. The number of benzene rings is 1. The fourth-order valence-corrected chi connectivity index (χ4v) is 2.75. The Hall–Kier alpha value is -0.970. The second-order valence-corrected chi connectivity index (χ2v) is 10.7. The third kappa shape index (κ3) is 3.37. The maximum absolute atomic E-state index is 12.2. The van der Waals surface area contributed by atoms with Crippen LogP contribution in [0.25, 0.3) is 5.57 Å². The van der Waals surface area contributed by atoms with Crippen molar-refractivity contribution < 1.29 is 9.53 Å². The lowest BCUT2D eigenvalue weighted by Gasteiger charge is -2.25. The molecule has 0 unspecified atom stereocenters. The first-order valence-electron chi connectivity index (χ1n) is 6.34. The first-order chi connectivity index (χ1) is 9.29. The highest BCUT2D eigenvalue weighted by molar-refractivity contribution is 8.32. The largest absolute Gasteiger partial charge is 0.360 e. The summed E-state index contributed by atoms with van der Waals surface area (Å²) in [5.74, 6) is 0.920. The van der Waals surface area contributed by atoms with Crippen molar-refractivity contribution >= 4 is 38.8 Å². The molecule has 0 aliphatic carbocycles. The van der Waals surface area contributed by atoms with Crippen LogP contribution in [0.3, 0.4) is 0 Å². The van der Waals surface area contributed by atoms with Gasteiger partial charge in [0, 0.05) is 21.9 Å². The molecule has 0 aromatic heterocycles. The SMILES string of the molecule is C=C1C(=O)N(COCCS(C)(C)C)c2cc(Cl)ccc21. The number of ether oxygens (including phenoxy) is 1. The van der Waals surface area contributed by atoms with Crippen LogP contribution >= 0.6 is 21.6 Å².